The fraction of sp³-hybridized carbons (Fsp3) is 0.0141. The zero-order valence-corrected chi connectivity index (χ0v) is 39.6. The minimum absolute atomic E-state index is 0.504. The average Bonchev–Trinajstić information content (AvgIpc) is 3.76. The molecule has 0 saturated heterocycles. The van der Waals surface area contributed by atoms with Crippen molar-refractivity contribution < 1.29 is 0 Å². The van der Waals surface area contributed by atoms with Gasteiger partial charge in [-0.15, -0.1) is 0 Å². The molecule has 0 saturated carbocycles. The maximum Gasteiger partial charge on any atom is 0.0713 e. The molecule has 0 aromatic heterocycles. The van der Waals surface area contributed by atoms with E-state index in [0.29, 0.717) is 0 Å². The lowest BCUT2D eigenvalue weighted by molar-refractivity contribution is 0.768. The quantitative estimate of drug-likeness (QED) is 0.137. The Morgan fingerprint density at radius 2 is 0.736 bits per heavy atom. The van der Waals surface area contributed by atoms with Gasteiger partial charge in [0.15, 0.2) is 0 Å². The van der Waals surface area contributed by atoms with E-state index in [1.54, 1.807) is 0 Å². The molecule has 72 heavy (non-hydrogen) atoms. The van der Waals surface area contributed by atoms with Crippen molar-refractivity contribution in [3.63, 3.8) is 0 Å². The summed E-state index contributed by atoms with van der Waals surface area (Å²) >= 11 is 0. The highest BCUT2D eigenvalue weighted by atomic mass is 15.1. The first kappa shape index (κ1) is 41.7. The van der Waals surface area contributed by atoms with Gasteiger partial charge in [-0.25, -0.2) is 0 Å². The van der Waals surface area contributed by atoms with Crippen LogP contribution in [0.15, 0.2) is 285 Å². The standard InChI is InChI=1S/C71H47N/c1-5-23-48(24-6-1)69-62-38-18-16-35-58(62)59-43-41-51(45-64(59)70(69)49-25-7-2-8-26-49)56-33-20-22-40-67(56)72(68-46-50-27-13-14-32-55(50)57-34-15-17-37-61(57)68)54-42-44-66-63(47-54)60-36-19-21-39-65(60)71(66,52-28-9-3-10-29-52)53-30-11-4-12-31-53/h1-47H. The molecular formula is C71H47N. The van der Waals surface area contributed by atoms with Crippen LogP contribution in [-0.4, -0.2) is 0 Å². The average molecular weight is 914 g/mol. The molecule has 14 rings (SSSR count). The minimum atomic E-state index is -0.504. The van der Waals surface area contributed by atoms with E-state index in [1.807, 2.05) is 0 Å². The van der Waals surface area contributed by atoms with Crippen LogP contribution >= 0.6 is 0 Å². The van der Waals surface area contributed by atoms with Gasteiger partial charge >= 0.3 is 0 Å². The summed E-state index contributed by atoms with van der Waals surface area (Å²) in [4.78, 5) is 2.54. The van der Waals surface area contributed by atoms with E-state index in [-0.39, 0.29) is 0 Å². The molecule has 0 heterocycles. The van der Waals surface area contributed by atoms with Gasteiger partial charge in [0.25, 0.3) is 0 Å². The van der Waals surface area contributed by atoms with Crippen molar-refractivity contribution in [1.82, 2.24) is 0 Å². The Balaban J connectivity index is 1.06. The summed E-state index contributed by atoms with van der Waals surface area (Å²) in [5, 5.41) is 9.82. The van der Waals surface area contributed by atoms with Crippen LogP contribution in [0.3, 0.4) is 0 Å². The van der Waals surface area contributed by atoms with Gasteiger partial charge in [-0.05, 0) is 129 Å². The molecule has 13 aromatic carbocycles. The molecule has 336 valence electrons. The molecule has 1 nitrogen and oxygen atoms in total. The Labute approximate surface area is 420 Å². The summed E-state index contributed by atoms with van der Waals surface area (Å²) in [5.74, 6) is 0. The Hall–Kier alpha value is -9.30. The summed E-state index contributed by atoms with van der Waals surface area (Å²) in [6, 6.07) is 106. The molecule has 0 atom stereocenters. The van der Waals surface area contributed by atoms with Crippen LogP contribution in [0.1, 0.15) is 22.3 Å². The second-order valence-electron chi connectivity index (χ2n) is 19.1. The lowest BCUT2D eigenvalue weighted by atomic mass is 9.68. The van der Waals surface area contributed by atoms with Gasteiger partial charge in [-0.2, -0.15) is 0 Å². The lowest BCUT2D eigenvalue weighted by Crippen LogP contribution is -2.28. The molecule has 0 radical (unpaired) electrons. The van der Waals surface area contributed by atoms with Crippen LogP contribution in [0, 0.1) is 0 Å². The van der Waals surface area contributed by atoms with Crippen molar-refractivity contribution in [2.24, 2.45) is 0 Å². The molecule has 0 aliphatic heterocycles. The van der Waals surface area contributed by atoms with Crippen molar-refractivity contribution in [3.8, 4) is 44.5 Å². The maximum atomic E-state index is 2.54. The molecule has 0 fully saturated rings. The highest BCUT2D eigenvalue weighted by Gasteiger charge is 2.46. The maximum absolute atomic E-state index is 2.54. The Morgan fingerprint density at radius 1 is 0.250 bits per heavy atom. The number of hydrogen-bond donors (Lipinski definition) is 0. The highest BCUT2D eigenvalue weighted by Crippen LogP contribution is 2.58. The molecule has 0 spiro atoms. The summed E-state index contributed by atoms with van der Waals surface area (Å²) in [6.45, 7) is 0. The van der Waals surface area contributed by atoms with Gasteiger partial charge in [0.2, 0.25) is 0 Å². The van der Waals surface area contributed by atoms with Gasteiger partial charge in [-0.1, -0.05) is 255 Å². The fourth-order valence-electron chi connectivity index (χ4n) is 12.3. The van der Waals surface area contributed by atoms with E-state index in [1.165, 1.54) is 98.7 Å². The van der Waals surface area contributed by atoms with Crippen molar-refractivity contribution in [2.75, 3.05) is 4.90 Å². The first-order valence-electron chi connectivity index (χ1n) is 25.0. The molecule has 13 aromatic rings. The topological polar surface area (TPSA) is 3.24 Å². The normalized spacial score (nSPS) is 12.6. The van der Waals surface area contributed by atoms with Gasteiger partial charge in [0.1, 0.15) is 0 Å². The van der Waals surface area contributed by atoms with Crippen LogP contribution in [0.5, 0.6) is 0 Å². The monoisotopic (exact) mass is 913 g/mol. The summed E-state index contributed by atoms with van der Waals surface area (Å²) in [5.41, 5.74) is 17.6. The first-order chi connectivity index (χ1) is 35.8. The summed E-state index contributed by atoms with van der Waals surface area (Å²) in [7, 11) is 0. The van der Waals surface area contributed by atoms with Gasteiger partial charge in [-0.3, -0.25) is 0 Å². The third-order valence-corrected chi connectivity index (χ3v) is 15.3. The second-order valence-corrected chi connectivity index (χ2v) is 19.1. The van der Waals surface area contributed by atoms with Gasteiger partial charge in [0, 0.05) is 16.6 Å². The molecule has 0 bridgehead atoms. The van der Waals surface area contributed by atoms with Crippen molar-refractivity contribution in [2.45, 2.75) is 5.41 Å². The van der Waals surface area contributed by atoms with Crippen molar-refractivity contribution >= 4 is 60.2 Å². The van der Waals surface area contributed by atoms with E-state index < -0.39 is 5.41 Å². The molecule has 1 aliphatic rings. The van der Waals surface area contributed by atoms with Crippen LogP contribution in [-0.2, 0) is 5.41 Å². The Bertz CT molecular complexity index is 4160. The third kappa shape index (κ3) is 6.41. The molecule has 0 amide bonds. The number of benzene rings is 13. The van der Waals surface area contributed by atoms with Crippen molar-refractivity contribution in [3.05, 3.63) is 307 Å². The second kappa shape index (κ2) is 17.0. The number of hydrogen-bond acceptors (Lipinski definition) is 1. The largest absolute Gasteiger partial charge is 0.309 e. The number of anilines is 3. The van der Waals surface area contributed by atoms with Crippen LogP contribution in [0.2, 0.25) is 0 Å². The predicted molar refractivity (Wildman–Crippen MR) is 305 cm³/mol. The smallest absolute Gasteiger partial charge is 0.0713 e. The predicted octanol–water partition coefficient (Wildman–Crippen LogP) is 19.1. The molecule has 1 aliphatic carbocycles. The summed E-state index contributed by atoms with van der Waals surface area (Å²) in [6.07, 6.45) is 0. The Kier molecular flexibility index (Phi) is 9.82. The highest BCUT2D eigenvalue weighted by molar-refractivity contribution is 6.22. The SMILES string of the molecule is c1ccc(-c2c(-c3ccccc3)c3cc(-c4ccccc4N(c4ccc5c(c4)-c4ccccc4C5(c4ccccc4)c4ccccc4)c4cc5ccccc5c5ccccc45)ccc3c3ccccc23)cc1. The van der Waals surface area contributed by atoms with Crippen molar-refractivity contribution in [1.29, 1.82) is 0 Å². The lowest BCUT2D eigenvalue weighted by Gasteiger charge is -2.34. The van der Waals surface area contributed by atoms with E-state index in [9.17, 15) is 0 Å². The minimum Gasteiger partial charge on any atom is -0.309 e. The number of fused-ring (bicyclic) bond motifs is 9. The molecule has 0 N–H and O–H groups in total. The molecule has 1 heteroatoms. The number of para-hydroxylation sites is 1. The van der Waals surface area contributed by atoms with E-state index in [4.69, 9.17) is 0 Å². The van der Waals surface area contributed by atoms with Crippen LogP contribution in [0.4, 0.5) is 17.1 Å². The van der Waals surface area contributed by atoms with Gasteiger partial charge < -0.3 is 4.90 Å². The zero-order valence-electron chi connectivity index (χ0n) is 39.6. The van der Waals surface area contributed by atoms with E-state index in [2.05, 4.69) is 290 Å². The fourth-order valence-corrected chi connectivity index (χ4v) is 12.3. The van der Waals surface area contributed by atoms with E-state index >= 15 is 0 Å². The first-order valence-corrected chi connectivity index (χ1v) is 25.0. The third-order valence-electron chi connectivity index (χ3n) is 15.3. The van der Waals surface area contributed by atoms with Crippen LogP contribution < -0.4 is 4.90 Å². The Morgan fingerprint density at radius 3 is 1.42 bits per heavy atom. The number of rotatable bonds is 8. The number of nitrogens with zero attached hydrogens (tertiary/aromatic N) is 1. The molecule has 0 unspecified atom stereocenters. The van der Waals surface area contributed by atoms with E-state index in [0.717, 1.165) is 28.2 Å². The van der Waals surface area contributed by atoms with Gasteiger partial charge in [0.05, 0.1) is 16.8 Å². The van der Waals surface area contributed by atoms with Crippen LogP contribution in [0.25, 0.3) is 87.6 Å². The molecular weight excluding hydrogens is 867 g/mol. The summed E-state index contributed by atoms with van der Waals surface area (Å²) < 4.78 is 0. The zero-order chi connectivity index (χ0) is 47.6.